The van der Waals surface area contributed by atoms with Crippen molar-refractivity contribution in [2.45, 2.75) is 37.5 Å². The lowest BCUT2D eigenvalue weighted by atomic mass is 9.83. The molecule has 33 heavy (non-hydrogen) atoms. The first kappa shape index (κ1) is 22.5. The molecule has 5 nitrogen and oxygen atoms in total. The lowest BCUT2D eigenvalue weighted by molar-refractivity contribution is -0.147. The summed E-state index contributed by atoms with van der Waals surface area (Å²) in [6.45, 7) is 1.82. The zero-order valence-corrected chi connectivity index (χ0v) is 19.9. The van der Waals surface area contributed by atoms with Crippen LogP contribution < -0.4 is 0 Å². The Bertz CT molecular complexity index is 1220. The van der Waals surface area contributed by atoms with Crippen LogP contribution in [0.3, 0.4) is 0 Å². The molecule has 0 radical (unpaired) electrons. The standard InChI is InChI=1S/C24H19Cl3FN3O2/c1-23(16-7-18(25)21(27)19(26)8-16)9-20(30-33-23)14-4-5-17(15(6-14)10-29)24(28)11-31(12-24)22(32)13-2-3-13/h4-8,13H,2-3,9,11-12H2,1H3. The summed E-state index contributed by atoms with van der Waals surface area (Å²) in [5.41, 5.74) is -0.0100. The van der Waals surface area contributed by atoms with E-state index in [2.05, 4.69) is 11.2 Å². The second-order valence-corrected chi connectivity index (χ2v) is 10.3. The molecule has 2 heterocycles. The molecule has 0 N–H and O–H groups in total. The van der Waals surface area contributed by atoms with Crippen LogP contribution in [0.2, 0.25) is 15.1 Å². The maximum absolute atomic E-state index is 15.5. The normalized spacial score (nSPS) is 23.4. The van der Waals surface area contributed by atoms with Gasteiger partial charge in [0, 0.05) is 29.0 Å². The molecule has 1 aliphatic carbocycles. The van der Waals surface area contributed by atoms with Crippen LogP contribution in [-0.2, 0) is 20.9 Å². The lowest BCUT2D eigenvalue weighted by Crippen LogP contribution is -2.59. The van der Waals surface area contributed by atoms with Gasteiger partial charge in [-0.3, -0.25) is 4.79 Å². The van der Waals surface area contributed by atoms with Crippen LogP contribution in [0.5, 0.6) is 0 Å². The number of amides is 1. The third-order valence-corrected chi connectivity index (χ3v) is 7.73. The van der Waals surface area contributed by atoms with E-state index in [-0.39, 0.29) is 35.5 Å². The Hall–Kier alpha value is -2.33. The van der Waals surface area contributed by atoms with Gasteiger partial charge in [-0.25, -0.2) is 4.39 Å². The molecular weight excluding hydrogens is 488 g/mol. The number of nitriles is 1. The van der Waals surface area contributed by atoms with E-state index in [1.807, 2.05) is 6.92 Å². The zero-order valence-electron chi connectivity index (χ0n) is 17.7. The summed E-state index contributed by atoms with van der Waals surface area (Å²) in [7, 11) is 0. The summed E-state index contributed by atoms with van der Waals surface area (Å²) in [5, 5.41) is 14.8. The lowest BCUT2D eigenvalue weighted by Gasteiger charge is -2.45. The summed E-state index contributed by atoms with van der Waals surface area (Å²) >= 11 is 18.4. The van der Waals surface area contributed by atoms with E-state index >= 15 is 4.39 Å². The molecule has 3 aliphatic rings. The molecule has 2 aromatic rings. The van der Waals surface area contributed by atoms with E-state index in [1.54, 1.807) is 30.3 Å². The van der Waals surface area contributed by atoms with E-state index in [0.29, 0.717) is 33.3 Å². The number of rotatable bonds is 4. The van der Waals surface area contributed by atoms with Gasteiger partial charge in [-0.1, -0.05) is 52.1 Å². The van der Waals surface area contributed by atoms with E-state index in [4.69, 9.17) is 39.6 Å². The van der Waals surface area contributed by atoms with Gasteiger partial charge in [0.1, 0.15) is 0 Å². The molecule has 0 bridgehead atoms. The van der Waals surface area contributed by atoms with Gasteiger partial charge in [-0.05, 0) is 38.0 Å². The van der Waals surface area contributed by atoms with E-state index in [0.717, 1.165) is 18.4 Å². The zero-order chi connectivity index (χ0) is 23.5. The molecular formula is C24H19Cl3FN3O2. The third kappa shape index (κ3) is 3.86. The van der Waals surface area contributed by atoms with Crippen molar-refractivity contribution in [1.29, 1.82) is 5.26 Å². The van der Waals surface area contributed by atoms with Crippen LogP contribution in [0, 0.1) is 17.2 Å². The number of hydrogen-bond acceptors (Lipinski definition) is 4. The van der Waals surface area contributed by atoms with Gasteiger partial charge >= 0.3 is 0 Å². The number of likely N-dealkylation sites (tertiary alicyclic amines) is 1. The Kier molecular flexibility index (Phi) is 5.36. The van der Waals surface area contributed by atoms with Crippen molar-refractivity contribution >= 4 is 46.4 Å². The Morgan fingerprint density at radius 3 is 2.48 bits per heavy atom. The molecule has 1 atom stereocenters. The smallest absolute Gasteiger partial charge is 0.225 e. The second kappa shape index (κ2) is 7.87. The van der Waals surface area contributed by atoms with E-state index in [9.17, 15) is 10.1 Å². The van der Waals surface area contributed by atoms with E-state index < -0.39 is 11.3 Å². The molecule has 2 aliphatic heterocycles. The highest BCUT2D eigenvalue weighted by Gasteiger charge is 2.51. The number of halogens is 4. The van der Waals surface area contributed by atoms with Crippen LogP contribution in [0.15, 0.2) is 35.5 Å². The highest BCUT2D eigenvalue weighted by Crippen LogP contribution is 2.43. The molecule has 1 amide bonds. The SMILES string of the molecule is CC1(c2cc(Cl)c(Cl)c(Cl)c2)CC(c2ccc(C3(F)CN(C(=O)C4CC4)C3)c(C#N)c2)=NO1. The van der Waals surface area contributed by atoms with Gasteiger partial charge in [0.15, 0.2) is 11.3 Å². The number of hydrogen-bond donors (Lipinski definition) is 0. The Morgan fingerprint density at radius 1 is 1.21 bits per heavy atom. The molecule has 1 unspecified atom stereocenters. The summed E-state index contributed by atoms with van der Waals surface area (Å²) in [4.78, 5) is 19.4. The average Bonchev–Trinajstić information content (AvgIpc) is 3.55. The quantitative estimate of drug-likeness (QED) is 0.480. The highest BCUT2D eigenvalue weighted by molar-refractivity contribution is 6.48. The van der Waals surface area contributed by atoms with Gasteiger partial charge in [0.05, 0.1) is 45.5 Å². The first-order valence-electron chi connectivity index (χ1n) is 10.6. The predicted octanol–water partition coefficient (Wildman–Crippen LogP) is 5.98. The average molecular weight is 507 g/mol. The first-order valence-corrected chi connectivity index (χ1v) is 11.7. The number of carbonyl (C=O) groups excluding carboxylic acids is 1. The molecule has 0 spiro atoms. The van der Waals surface area contributed by atoms with Crippen molar-refractivity contribution in [3.05, 3.63) is 67.7 Å². The van der Waals surface area contributed by atoms with Gasteiger partial charge in [-0.2, -0.15) is 5.26 Å². The first-order chi connectivity index (χ1) is 15.6. The Morgan fingerprint density at radius 2 is 1.88 bits per heavy atom. The largest absolute Gasteiger partial charge is 0.384 e. The Balaban J connectivity index is 1.36. The van der Waals surface area contributed by atoms with Crippen molar-refractivity contribution in [2.24, 2.45) is 11.1 Å². The van der Waals surface area contributed by atoms with Crippen molar-refractivity contribution in [3.8, 4) is 6.07 Å². The van der Waals surface area contributed by atoms with Gasteiger partial charge < -0.3 is 9.74 Å². The molecule has 0 aromatic heterocycles. The summed E-state index contributed by atoms with van der Waals surface area (Å²) < 4.78 is 15.5. The maximum atomic E-state index is 15.5. The molecule has 2 aromatic carbocycles. The van der Waals surface area contributed by atoms with Gasteiger partial charge in [0.25, 0.3) is 0 Å². The minimum Gasteiger partial charge on any atom is -0.384 e. The van der Waals surface area contributed by atoms with Crippen LogP contribution >= 0.6 is 34.8 Å². The number of benzene rings is 2. The fourth-order valence-corrected chi connectivity index (χ4v) is 4.99. The summed E-state index contributed by atoms with van der Waals surface area (Å²) in [5.74, 6) is 0.0602. The summed E-state index contributed by atoms with van der Waals surface area (Å²) in [6, 6.07) is 10.4. The fraction of sp³-hybridized carbons (Fsp3) is 0.375. The predicted molar refractivity (Wildman–Crippen MR) is 124 cm³/mol. The van der Waals surface area contributed by atoms with Crippen LogP contribution in [0.25, 0.3) is 0 Å². The van der Waals surface area contributed by atoms with Gasteiger partial charge in [-0.15, -0.1) is 0 Å². The van der Waals surface area contributed by atoms with E-state index in [1.165, 1.54) is 4.90 Å². The van der Waals surface area contributed by atoms with Crippen molar-refractivity contribution < 1.29 is 14.0 Å². The van der Waals surface area contributed by atoms with Crippen molar-refractivity contribution in [2.75, 3.05) is 13.1 Å². The van der Waals surface area contributed by atoms with Crippen LogP contribution in [0.4, 0.5) is 4.39 Å². The molecule has 170 valence electrons. The molecule has 1 saturated heterocycles. The van der Waals surface area contributed by atoms with Crippen molar-refractivity contribution in [1.82, 2.24) is 4.90 Å². The summed E-state index contributed by atoms with van der Waals surface area (Å²) in [6.07, 6.45) is 2.16. The molecule has 5 rings (SSSR count). The number of nitrogens with zero attached hydrogens (tertiary/aromatic N) is 3. The minimum absolute atomic E-state index is 0.0116. The number of oxime groups is 1. The molecule has 1 saturated carbocycles. The molecule has 9 heteroatoms. The highest BCUT2D eigenvalue weighted by atomic mass is 35.5. The van der Waals surface area contributed by atoms with Gasteiger partial charge in [0.2, 0.25) is 5.91 Å². The number of carbonyl (C=O) groups is 1. The Labute approximate surface area is 205 Å². The monoisotopic (exact) mass is 505 g/mol. The topological polar surface area (TPSA) is 65.7 Å². The fourth-order valence-electron chi connectivity index (χ4n) is 4.39. The van der Waals surface area contributed by atoms with Crippen LogP contribution in [0.1, 0.15) is 48.4 Å². The van der Waals surface area contributed by atoms with Crippen molar-refractivity contribution in [3.63, 3.8) is 0 Å². The minimum atomic E-state index is -1.71. The maximum Gasteiger partial charge on any atom is 0.225 e. The molecule has 2 fully saturated rings. The second-order valence-electron chi connectivity index (χ2n) is 9.10. The number of alkyl halides is 1. The third-order valence-electron chi connectivity index (χ3n) is 6.53. The van der Waals surface area contributed by atoms with Crippen LogP contribution in [-0.4, -0.2) is 29.6 Å².